The molecule has 4 aromatic carbocycles. The molecular formula is C34H25BrN2O4. The number of carbonyl (C=O) groups excluding carboxylic acids is 3. The number of hydrogen-bond acceptors (Lipinski definition) is 5. The lowest BCUT2D eigenvalue weighted by atomic mass is 9.62. The van der Waals surface area contributed by atoms with Crippen molar-refractivity contribution < 1.29 is 19.1 Å². The number of para-hydroxylation sites is 1. The molecule has 1 saturated heterocycles. The highest BCUT2D eigenvalue weighted by Gasteiger charge is 2.70. The van der Waals surface area contributed by atoms with E-state index < -0.39 is 23.4 Å². The Morgan fingerprint density at radius 2 is 1.63 bits per heavy atom. The van der Waals surface area contributed by atoms with Crippen LogP contribution in [0.2, 0.25) is 0 Å². The van der Waals surface area contributed by atoms with Gasteiger partial charge in [0.15, 0.2) is 11.6 Å². The average Bonchev–Trinajstić information content (AvgIpc) is 3.49. The summed E-state index contributed by atoms with van der Waals surface area (Å²) in [5.74, 6) is -1.27. The molecule has 1 spiro atoms. The maximum Gasteiger partial charge on any atom is 0.238 e. The number of ether oxygens (including phenoxy) is 1. The van der Waals surface area contributed by atoms with Gasteiger partial charge in [-0.1, -0.05) is 82.7 Å². The first-order valence-corrected chi connectivity index (χ1v) is 14.2. The Bertz CT molecular complexity index is 1760. The Balaban J connectivity index is 1.53. The van der Waals surface area contributed by atoms with E-state index >= 15 is 0 Å². The van der Waals surface area contributed by atoms with Crippen LogP contribution in [-0.4, -0.2) is 35.5 Å². The van der Waals surface area contributed by atoms with Gasteiger partial charge in [-0.2, -0.15) is 0 Å². The summed E-state index contributed by atoms with van der Waals surface area (Å²) in [4.78, 5) is 45.8. The Labute approximate surface area is 245 Å². The van der Waals surface area contributed by atoms with Gasteiger partial charge >= 0.3 is 0 Å². The number of hydrogen-bond donors (Lipinski definition) is 1. The van der Waals surface area contributed by atoms with Crippen LogP contribution >= 0.6 is 15.9 Å². The normalized spacial score (nSPS) is 23.5. The second-order valence-corrected chi connectivity index (χ2v) is 11.5. The summed E-state index contributed by atoms with van der Waals surface area (Å²) >= 11 is 3.46. The van der Waals surface area contributed by atoms with E-state index in [0.29, 0.717) is 22.6 Å². The molecule has 41 heavy (non-hydrogen) atoms. The van der Waals surface area contributed by atoms with Gasteiger partial charge in [-0.05, 0) is 53.1 Å². The van der Waals surface area contributed by atoms with Gasteiger partial charge in [-0.25, -0.2) is 0 Å². The Kier molecular flexibility index (Phi) is 5.94. The molecule has 0 saturated carbocycles. The van der Waals surface area contributed by atoms with E-state index in [1.807, 2.05) is 65.7 Å². The molecule has 4 aromatic rings. The van der Waals surface area contributed by atoms with Crippen LogP contribution in [0.3, 0.4) is 0 Å². The first-order valence-electron chi connectivity index (χ1n) is 13.4. The number of rotatable bonds is 5. The second kappa shape index (κ2) is 9.56. The highest BCUT2D eigenvalue weighted by molar-refractivity contribution is 9.10. The third kappa shape index (κ3) is 3.65. The molecule has 0 aromatic heterocycles. The van der Waals surface area contributed by atoms with E-state index in [2.05, 4.69) is 21.2 Å². The maximum atomic E-state index is 14.8. The number of methoxy groups -OCH3 is 1. The van der Waals surface area contributed by atoms with E-state index in [9.17, 15) is 14.4 Å². The van der Waals surface area contributed by atoms with Crippen LogP contribution in [0.4, 0.5) is 5.69 Å². The highest BCUT2D eigenvalue weighted by Crippen LogP contribution is 2.62. The first kappa shape index (κ1) is 25.5. The van der Waals surface area contributed by atoms with Crippen LogP contribution < -0.4 is 10.1 Å². The fourth-order valence-electron chi connectivity index (χ4n) is 6.91. The first-order chi connectivity index (χ1) is 19.9. The van der Waals surface area contributed by atoms with Crippen molar-refractivity contribution in [2.45, 2.75) is 17.5 Å². The van der Waals surface area contributed by atoms with Gasteiger partial charge in [-0.15, -0.1) is 0 Å². The summed E-state index contributed by atoms with van der Waals surface area (Å²) in [6.07, 6.45) is 3.83. The van der Waals surface area contributed by atoms with Gasteiger partial charge in [-0.3, -0.25) is 14.4 Å². The molecule has 3 aliphatic heterocycles. The van der Waals surface area contributed by atoms with Gasteiger partial charge in [0.05, 0.1) is 19.1 Å². The molecule has 0 unspecified atom stereocenters. The van der Waals surface area contributed by atoms with Crippen molar-refractivity contribution >= 4 is 45.2 Å². The molecule has 3 aliphatic rings. The molecule has 7 rings (SSSR count). The lowest BCUT2D eigenvalue weighted by Gasteiger charge is -2.38. The van der Waals surface area contributed by atoms with Crippen LogP contribution in [0.5, 0.6) is 5.75 Å². The number of anilines is 1. The molecule has 3 heterocycles. The minimum Gasteiger partial charge on any atom is -0.497 e. The number of carbonyl (C=O) groups is 3. The third-order valence-electron chi connectivity index (χ3n) is 8.60. The quantitative estimate of drug-likeness (QED) is 0.265. The Morgan fingerprint density at radius 1 is 0.878 bits per heavy atom. The number of benzene rings is 4. The fourth-order valence-corrected chi connectivity index (χ4v) is 7.17. The lowest BCUT2D eigenvalue weighted by molar-refractivity contribution is -0.122. The molecule has 1 amide bonds. The summed E-state index contributed by atoms with van der Waals surface area (Å²) < 4.78 is 6.25. The van der Waals surface area contributed by atoms with Crippen molar-refractivity contribution in [3.05, 3.63) is 136 Å². The molecule has 202 valence electrons. The summed E-state index contributed by atoms with van der Waals surface area (Å²) in [5.41, 5.74) is 2.73. The predicted octanol–water partition coefficient (Wildman–Crippen LogP) is 6.44. The molecule has 0 radical (unpaired) electrons. The number of ketones is 2. The number of Topliss-reactive ketones (excluding diaryl/α,β-unsaturated/α-hetero) is 2. The largest absolute Gasteiger partial charge is 0.497 e. The summed E-state index contributed by atoms with van der Waals surface area (Å²) in [7, 11) is 1.55. The zero-order valence-electron chi connectivity index (χ0n) is 22.1. The highest BCUT2D eigenvalue weighted by atomic mass is 79.9. The van der Waals surface area contributed by atoms with Crippen molar-refractivity contribution in [3.63, 3.8) is 0 Å². The van der Waals surface area contributed by atoms with Crippen molar-refractivity contribution in [2.75, 3.05) is 12.4 Å². The average molecular weight is 605 g/mol. The summed E-state index contributed by atoms with van der Waals surface area (Å²) in [6.45, 7) is 0. The van der Waals surface area contributed by atoms with Crippen molar-refractivity contribution in [3.8, 4) is 5.75 Å². The van der Waals surface area contributed by atoms with E-state index in [1.54, 1.807) is 55.6 Å². The Morgan fingerprint density at radius 3 is 2.44 bits per heavy atom. The monoisotopic (exact) mass is 604 g/mol. The number of fused-ring (bicyclic) bond motifs is 6. The molecule has 6 nitrogen and oxygen atoms in total. The van der Waals surface area contributed by atoms with Crippen LogP contribution in [0.1, 0.15) is 43.4 Å². The molecule has 4 atom stereocenters. The van der Waals surface area contributed by atoms with E-state index in [4.69, 9.17) is 4.74 Å². The van der Waals surface area contributed by atoms with E-state index in [-0.39, 0.29) is 17.5 Å². The summed E-state index contributed by atoms with van der Waals surface area (Å²) in [6, 6.07) is 27.9. The van der Waals surface area contributed by atoms with Crippen LogP contribution in [-0.2, 0) is 10.2 Å². The summed E-state index contributed by atoms with van der Waals surface area (Å²) in [5, 5.41) is 3.08. The molecule has 1 fully saturated rings. The molecule has 7 heteroatoms. The SMILES string of the molecule is COc1cccc(C(=O)[C@H]2[C@@H](C(=O)c3ccc(Br)cc3)[C@]3(C(=O)Nc4ccccc43)[C@H]3c4ccccc4C=CN23)c1. The van der Waals surface area contributed by atoms with Crippen molar-refractivity contribution in [1.29, 1.82) is 0 Å². The molecule has 0 aliphatic carbocycles. The predicted molar refractivity (Wildman–Crippen MR) is 160 cm³/mol. The second-order valence-electron chi connectivity index (χ2n) is 10.6. The number of nitrogens with one attached hydrogen (secondary N) is 1. The third-order valence-corrected chi connectivity index (χ3v) is 9.13. The zero-order chi connectivity index (χ0) is 28.3. The van der Waals surface area contributed by atoms with Crippen molar-refractivity contribution in [2.24, 2.45) is 5.92 Å². The molecule has 1 N–H and O–H groups in total. The minimum absolute atomic E-state index is 0.248. The maximum absolute atomic E-state index is 14.8. The van der Waals surface area contributed by atoms with Gasteiger partial charge in [0.2, 0.25) is 5.91 Å². The molecular weight excluding hydrogens is 580 g/mol. The topological polar surface area (TPSA) is 75.7 Å². The Hall–Kier alpha value is -4.49. The number of nitrogens with zero attached hydrogens (tertiary/aromatic N) is 1. The minimum atomic E-state index is -1.36. The van der Waals surface area contributed by atoms with E-state index in [1.165, 1.54) is 0 Å². The van der Waals surface area contributed by atoms with E-state index in [0.717, 1.165) is 21.2 Å². The fraction of sp³-hybridized carbons (Fsp3) is 0.147. The van der Waals surface area contributed by atoms with Crippen LogP contribution in [0.25, 0.3) is 6.08 Å². The number of halogens is 1. The van der Waals surface area contributed by atoms with Crippen LogP contribution in [0.15, 0.2) is 108 Å². The van der Waals surface area contributed by atoms with Gasteiger partial charge < -0.3 is 15.0 Å². The smallest absolute Gasteiger partial charge is 0.238 e. The van der Waals surface area contributed by atoms with Crippen molar-refractivity contribution in [1.82, 2.24) is 4.90 Å². The number of amides is 1. The van der Waals surface area contributed by atoms with Gasteiger partial charge in [0, 0.05) is 27.5 Å². The van der Waals surface area contributed by atoms with Crippen LogP contribution in [0, 0.1) is 5.92 Å². The molecule has 0 bridgehead atoms. The lowest BCUT2D eigenvalue weighted by Crippen LogP contribution is -2.49. The zero-order valence-corrected chi connectivity index (χ0v) is 23.7. The standard InChI is InChI=1S/C34H25BrN2O4/c1-41-24-9-6-8-22(19-24)31(39)29-28(30(38)21-13-15-23(35)16-14-21)34(26-11-4-5-12-27(26)36-33(34)40)32-25-10-3-2-7-20(25)17-18-37(29)32/h2-19,28-29,32H,1H3,(H,36,40)/t28-,29+,32+,34-/m0/s1. The van der Waals surface area contributed by atoms with Gasteiger partial charge in [0.25, 0.3) is 0 Å². The van der Waals surface area contributed by atoms with Gasteiger partial charge in [0.1, 0.15) is 17.2 Å².